The summed E-state index contributed by atoms with van der Waals surface area (Å²) < 4.78 is 11.9. The highest BCUT2D eigenvalue weighted by Gasteiger charge is 2.27. The molecule has 6 nitrogen and oxygen atoms in total. The van der Waals surface area contributed by atoms with Gasteiger partial charge in [-0.1, -0.05) is 59.6 Å². The Morgan fingerprint density at radius 3 is 2.57 bits per heavy atom. The van der Waals surface area contributed by atoms with Crippen molar-refractivity contribution in [1.29, 1.82) is 0 Å². The van der Waals surface area contributed by atoms with Crippen LogP contribution < -0.4 is 4.74 Å². The number of aryl methyl sites for hydroxylation is 1. The van der Waals surface area contributed by atoms with E-state index in [1.54, 1.807) is 19.1 Å². The van der Waals surface area contributed by atoms with Crippen molar-refractivity contribution >= 4 is 35.1 Å². The number of aromatic nitrogens is 2. The number of hydrogen-bond donors (Lipinski definition) is 0. The van der Waals surface area contributed by atoms with Crippen molar-refractivity contribution in [1.82, 2.24) is 9.78 Å². The van der Waals surface area contributed by atoms with Crippen LogP contribution in [0, 0.1) is 6.92 Å². The van der Waals surface area contributed by atoms with Gasteiger partial charge in [-0.3, -0.25) is 4.79 Å². The summed E-state index contributed by atoms with van der Waals surface area (Å²) in [7, 11) is 0. The van der Waals surface area contributed by atoms with Gasteiger partial charge in [-0.25, -0.2) is 9.48 Å². The van der Waals surface area contributed by atoms with E-state index in [9.17, 15) is 9.59 Å². The number of benzene rings is 2. The lowest BCUT2D eigenvalue weighted by atomic mass is 10.0. The van der Waals surface area contributed by atoms with E-state index in [2.05, 4.69) is 11.7 Å². The van der Waals surface area contributed by atoms with Crippen molar-refractivity contribution in [2.75, 3.05) is 0 Å². The number of allylic oxidation sites excluding steroid dienone is 1. The largest absolute Gasteiger partial charge is 0.515 e. The van der Waals surface area contributed by atoms with E-state index in [1.165, 1.54) is 16.8 Å². The molecule has 0 saturated heterocycles. The van der Waals surface area contributed by atoms with Crippen LogP contribution in [0.3, 0.4) is 0 Å². The molecule has 0 aliphatic carbocycles. The Hall–Kier alpha value is -3.09. The first kappa shape index (κ1) is 21.6. The molecule has 0 bridgehead atoms. The zero-order valence-electron chi connectivity index (χ0n) is 16.1. The second kappa shape index (κ2) is 9.61. The smallest absolute Gasteiger partial charge is 0.429 e. The Labute approximate surface area is 183 Å². The average molecular weight is 445 g/mol. The molecule has 0 amide bonds. The first-order chi connectivity index (χ1) is 14.4. The molecule has 0 radical (unpaired) electrons. The normalized spacial score (nSPS) is 10.5. The lowest BCUT2D eigenvalue weighted by Crippen LogP contribution is -2.16. The van der Waals surface area contributed by atoms with Gasteiger partial charge in [0.25, 0.3) is 0 Å². The van der Waals surface area contributed by atoms with Crippen LogP contribution in [0.15, 0.2) is 61.2 Å². The van der Waals surface area contributed by atoms with Crippen LogP contribution in [0.25, 0.3) is 0 Å². The zero-order valence-corrected chi connectivity index (χ0v) is 17.6. The summed E-state index contributed by atoms with van der Waals surface area (Å²) in [5, 5.41) is 4.87. The standard InChI is InChI=1S/C22H18Cl2N2O4/c1-3-11-26-21(30-22(28)29-13-15-7-5-4-6-8-15)19(14(2)25-26)20(27)17-10-9-16(23)12-18(17)24/h3-10,12H,1,11,13H2,2H3. The molecule has 0 saturated carbocycles. The summed E-state index contributed by atoms with van der Waals surface area (Å²) >= 11 is 12.1. The van der Waals surface area contributed by atoms with Crippen LogP contribution in [-0.2, 0) is 17.9 Å². The number of hydrogen-bond acceptors (Lipinski definition) is 5. The molecule has 154 valence electrons. The van der Waals surface area contributed by atoms with Crippen molar-refractivity contribution in [3.8, 4) is 5.88 Å². The number of ketones is 1. The van der Waals surface area contributed by atoms with Gasteiger partial charge in [0.1, 0.15) is 12.2 Å². The van der Waals surface area contributed by atoms with Gasteiger partial charge in [0.05, 0.1) is 17.3 Å². The van der Waals surface area contributed by atoms with Crippen molar-refractivity contribution in [2.45, 2.75) is 20.1 Å². The van der Waals surface area contributed by atoms with Crippen LogP contribution in [0.5, 0.6) is 5.88 Å². The molecule has 0 aliphatic rings. The number of carbonyl (C=O) groups excluding carboxylic acids is 2. The zero-order chi connectivity index (χ0) is 21.7. The third-order valence-corrected chi connectivity index (χ3v) is 4.71. The maximum absolute atomic E-state index is 13.2. The fourth-order valence-electron chi connectivity index (χ4n) is 2.80. The minimum atomic E-state index is -0.958. The maximum atomic E-state index is 13.2. The molecule has 0 fully saturated rings. The third-order valence-electron chi connectivity index (χ3n) is 4.17. The summed E-state index contributed by atoms with van der Waals surface area (Å²) in [4.78, 5) is 25.5. The monoisotopic (exact) mass is 444 g/mol. The summed E-state index contributed by atoms with van der Waals surface area (Å²) in [6, 6.07) is 13.7. The fourth-order valence-corrected chi connectivity index (χ4v) is 3.30. The van der Waals surface area contributed by atoms with Crippen LogP contribution in [0.2, 0.25) is 10.0 Å². The van der Waals surface area contributed by atoms with E-state index in [4.69, 9.17) is 32.7 Å². The number of halogens is 2. The molecule has 30 heavy (non-hydrogen) atoms. The van der Waals surface area contributed by atoms with Gasteiger partial charge in [0.15, 0.2) is 0 Å². The van der Waals surface area contributed by atoms with E-state index < -0.39 is 11.9 Å². The molecule has 2 aromatic carbocycles. The topological polar surface area (TPSA) is 70.4 Å². The third kappa shape index (κ3) is 4.90. The van der Waals surface area contributed by atoms with Gasteiger partial charge < -0.3 is 9.47 Å². The quantitative estimate of drug-likeness (QED) is 0.268. The molecule has 0 unspecified atom stereocenters. The van der Waals surface area contributed by atoms with Crippen molar-refractivity contribution in [3.63, 3.8) is 0 Å². The molecule has 0 N–H and O–H groups in total. The summed E-state index contributed by atoms with van der Waals surface area (Å²) in [5.41, 5.74) is 1.50. The summed E-state index contributed by atoms with van der Waals surface area (Å²) in [6.45, 7) is 5.56. The second-order valence-electron chi connectivity index (χ2n) is 6.32. The Morgan fingerprint density at radius 1 is 1.17 bits per heavy atom. The van der Waals surface area contributed by atoms with Gasteiger partial charge in [-0.2, -0.15) is 5.10 Å². The minimum absolute atomic E-state index is 0.0283. The van der Waals surface area contributed by atoms with Crippen LogP contribution >= 0.6 is 23.2 Å². The number of nitrogens with zero attached hydrogens (tertiary/aromatic N) is 2. The van der Waals surface area contributed by atoms with Gasteiger partial charge in [-0.15, -0.1) is 6.58 Å². The van der Waals surface area contributed by atoms with E-state index >= 15 is 0 Å². The minimum Gasteiger partial charge on any atom is -0.429 e. The Balaban J connectivity index is 1.89. The van der Waals surface area contributed by atoms with E-state index in [0.29, 0.717) is 10.7 Å². The van der Waals surface area contributed by atoms with Crippen LogP contribution in [0.4, 0.5) is 4.79 Å². The van der Waals surface area contributed by atoms with E-state index in [0.717, 1.165) is 5.56 Å². The predicted molar refractivity (Wildman–Crippen MR) is 114 cm³/mol. The predicted octanol–water partition coefficient (Wildman–Crippen LogP) is 5.63. The Kier molecular flexibility index (Phi) is 6.92. The molecule has 1 heterocycles. The average Bonchev–Trinajstić information content (AvgIpc) is 3.01. The molecule has 0 atom stereocenters. The first-order valence-electron chi connectivity index (χ1n) is 8.97. The van der Waals surface area contributed by atoms with Crippen molar-refractivity contribution < 1.29 is 19.1 Å². The SMILES string of the molecule is C=CCn1nc(C)c(C(=O)c2ccc(Cl)cc2Cl)c1OC(=O)OCc1ccccc1. The molecular weight excluding hydrogens is 427 g/mol. The van der Waals surface area contributed by atoms with Crippen LogP contribution in [-0.4, -0.2) is 21.7 Å². The molecule has 1 aromatic heterocycles. The van der Waals surface area contributed by atoms with Gasteiger partial charge in [0, 0.05) is 10.6 Å². The Morgan fingerprint density at radius 2 is 1.90 bits per heavy atom. The number of ether oxygens (including phenoxy) is 2. The molecular formula is C22H18Cl2N2O4. The lowest BCUT2D eigenvalue weighted by Gasteiger charge is -2.10. The van der Waals surface area contributed by atoms with Crippen LogP contribution in [0.1, 0.15) is 27.2 Å². The van der Waals surface area contributed by atoms with Gasteiger partial charge >= 0.3 is 6.16 Å². The van der Waals surface area contributed by atoms with E-state index in [-0.39, 0.29) is 35.2 Å². The number of carbonyl (C=O) groups is 2. The molecule has 3 aromatic rings. The highest BCUT2D eigenvalue weighted by atomic mass is 35.5. The highest BCUT2D eigenvalue weighted by molar-refractivity contribution is 6.37. The summed E-state index contributed by atoms with van der Waals surface area (Å²) in [6.07, 6.45) is 0.610. The lowest BCUT2D eigenvalue weighted by molar-refractivity contribution is 0.0885. The molecule has 8 heteroatoms. The molecule has 0 aliphatic heterocycles. The van der Waals surface area contributed by atoms with Gasteiger partial charge in [-0.05, 0) is 30.7 Å². The molecule has 3 rings (SSSR count). The maximum Gasteiger partial charge on any atom is 0.515 e. The second-order valence-corrected chi connectivity index (χ2v) is 7.16. The van der Waals surface area contributed by atoms with Crippen molar-refractivity contribution in [2.24, 2.45) is 0 Å². The van der Waals surface area contributed by atoms with Crippen molar-refractivity contribution in [3.05, 3.63) is 93.6 Å². The Bertz CT molecular complexity index is 1090. The van der Waals surface area contributed by atoms with Gasteiger partial charge in [0.2, 0.25) is 11.7 Å². The number of rotatable bonds is 7. The highest BCUT2D eigenvalue weighted by Crippen LogP contribution is 2.30. The summed E-state index contributed by atoms with van der Waals surface area (Å²) in [5.74, 6) is -0.489. The fraction of sp³-hybridized carbons (Fsp3) is 0.136. The molecule has 0 spiro atoms. The van der Waals surface area contributed by atoms with E-state index in [1.807, 2.05) is 30.3 Å². The first-order valence-corrected chi connectivity index (χ1v) is 9.73.